The molecule has 21 heteroatoms. The first kappa shape index (κ1) is 51.5. The number of aliphatic imine (C=N–C) groups is 1. The normalized spacial score (nSPS) is 11.2. The molecule has 0 saturated carbocycles. The number of pyridine rings is 3. The monoisotopic (exact) mass is 1030 g/mol. The van der Waals surface area contributed by atoms with E-state index in [1.165, 1.54) is 26.5 Å². The van der Waals surface area contributed by atoms with Crippen molar-refractivity contribution in [3.05, 3.63) is 197 Å². The van der Waals surface area contributed by atoms with Crippen LogP contribution in [0.15, 0.2) is 163 Å². The smallest absolute Gasteiger partial charge is 0.202 e. The molecule has 21 nitrogen and oxygen atoms in total. The first-order valence-corrected chi connectivity index (χ1v) is 23.8. The number of aromatic hydroxyl groups is 3. The lowest BCUT2D eigenvalue weighted by Gasteiger charge is -2.10. The van der Waals surface area contributed by atoms with Crippen LogP contribution in [0.1, 0.15) is 43.7 Å². The minimum Gasteiger partial charge on any atom is -0.505 e. The number of nitriles is 1. The SMILES string of the molecule is N#Cc1cc(CCO)cc(-n2nc3cccnc3n2)c1O.O=C(C=Cc1cc(CCO)cc(-n2nc3cccnc3n2)c1O)c1ccccc1.OCCc1cc(C=Nc2ccccc2)c(O)c(-n2nc3cccnc3n2)c1. The molecule has 0 aliphatic rings. The number of nitrogens with zero attached hydrogens (tertiary/aromatic N) is 14. The highest BCUT2D eigenvalue weighted by Gasteiger charge is 2.18. The minimum absolute atomic E-state index is 0.00441. The Labute approximate surface area is 437 Å². The van der Waals surface area contributed by atoms with Gasteiger partial charge in [0.05, 0.1) is 11.3 Å². The number of fused-ring (bicyclic) bond motifs is 3. The zero-order valence-corrected chi connectivity index (χ0v) is 40.8. The molecule has 11 rings (SSSR count). The number of carbonyl (C=O) groups is 1. The lowest BCUT2D eigenvalue weighted by Crippen LogP contribution is -2.03. The standard InChI is InChI=1S/C22H18N4O3.C20H17N5O2.C14H11N5O2/c27-12-10-15-13-17(8-9-20(28)16-5-2-1-3-6-16)21(29)19(14-15)26-24-18-7-4-11-23-22(18)25-26;26-10-8-14-11-15(13-22-16-5-2-1-3-6-16)19(27)18(12-14)25-23-17-7-4-9-21-20(17)24-25;15-8-10-6-9(3-5-20)7-12(13(10)21)19-17-11-2-1-4-16-14(11)18-19/h1-9,11,13-14,27,29H,10,12H2;1-7,9,11-13,26-27H,8,10H2;1-2,4,6-7,20-21H,3,5H2. The minimum atomic E-state index is -0.195. The van der Waals surface area contributed by atoms with Gasteiger partial charge in [-0.1, -0.05) is 48.5 Å². The molecule has 0 atom stereocenters. The number of allylic oxidation sites excluding steroid dienone is 1. The van der Waals surface area contributed by atoms with E-state index >= 15 is 0 Å². The molecule has 0 spiro atoms. The van der Waals surface area contributed by atoms with Gasteiger partial charge in [0.15, 0.2) is 17.3 Å². The lowest BCUT2D eigenvalue weighted by molar-refractivity contribution is 0.104. The largest absolute Gasteiger partial charge is 0.505 e. The molecule has 0 unspecified atom stereocenters. The zero-order chi connectivity index (χ0) is 53.7. The fraction of sp³-hybridized carbons (Fsp3) is 0.107. The number of ketones is 1. The van der Waals surface area contributed by atoms with Crippen LogP contribution in [0.3, 0.4) is 0 Å². The third-order valence-electron chi connectivity index (χ3n) is 11.5. The number of benzene rings is 5. The summed E-state index contributed by atoms with van der Waals surface area (Å²) < 4.78 is 0. The number of hydrogen-bond acceptors (Lipinski definition) is 18. The fourth-order valence-corrected chi connectivity index (χ4v) is 7.79. The van der Waals surface area contributed by atoms with Crippen LogP contribution in [-0.2, 0) is 19.3 Å². The number of rotatable bonds is 14. The maximum Gasteiger partial charge on any atom is 0.202 e. The summed E-state index contributed by atoms with van der Waals surface area (Å²) in [6, 6.07) is 41.0. The third-order valence-corrected chi connectivity index (χ3v) is 11.5. The van der Waals surface area contributed by atoms with E-state index in [2.05, 4.69) is 50.5 Å². The number of phenolic OH excluding ortho intramolecular Hbond substituents is 3. The van der Waals surface area contributed by atoms with Crippen molar-refractivity contribution in [3.8, 4) is 40.4 Å². The van der Waals surface area contributed by atoms with Gasteiger partial charge in [0.2, 0.25) is 16.9 Å². The van der Waals surface area contributed by atoms with Crippen LogP contribution in [0.5, 0.6) is 17.2 Å². The number of phenols is 3. The first-order valence-electron chi connectivity index (χ1n) is 23.8. The van der Waals surface area contributed by atoms with Crippen molar-refractivity contribution in [2.45, 2.75) is 19.3 Å². The van der Waals surface area contributed by atoms with Gasteiger partial charge in [0.1, 0.15) is 45.4 Å². The van der Waals surface area contributed by atoms with Gasteiger partial charge >= 0.3 is 0 Å². The molecular weight excluding hydrogens is 981 g/mol. The Morgan fingerprint density at radius 1 is 0.519 bits per heavy atom. The van der Waals surface area contributed by atoms with Crippen molar-refractivity contribution in [1.29, 1.82) is 5.26 Å². The molecule has 0 aliphatic heterocycles. The second-order valence-corrected chi connectivity index (χ2v) is 16.8. The molecule has 0 saturated heterocycles. The first-order chi connectivity index (χ1) is 37.6. The van der Waals surface area contributed by atoms with E-state index in [4.69, 9.17) is 10.4 Å². The molecule has 6 aromatic heterocycles. The van der Waals surface area contributed by atoms with Gasteiger partial charge < -0.3 is 30.6 Å². The summed E-state index contributed by atoms with van der Waals surface area (Å²) in [5.41, 5.74) is 8.99. The number of carbonyl (C=O) groups excluding carboxylic acids is 1. The van der Waals surface area contributed by atoms with Gasteiger partial charge in [-0.3, -0.25) is 9.79 Å². The number of aromatic nitrogens is 12. The maximum absolute atomic E-state index is 12.4. The van der Waals surface area contributed by atoms with Crippen molar-refractivity contribution >= 4 is 57.3 Å². The average Bonchev–Trinajstić information content (AvgIpc) is 4.22. The zero-order valence-electron chi connectivity index (χ0n) is 40.8. The Morgan fingerprint density at radius 3 is 1.40 bits per heavy atom. The third kappa shape index (κ3) is 12.2. The Bertz CT molecular complexity index is 3870. The van der Waals surface area contributed by atoms with E-state index in [1.807, 2.05) is 42.5 Å². The Kier molecular flexibility index (Phi) is 16.1. The van der Waals surface area contributed by atoms with E-state index in [1.54, 1.807) is 122 Å². The van der Waals surface area contributed by atoms with Crippen LogP contribution < -0.4 is 0 Å². The molecule has 0 radical (unpaired) electrons. The second-order valence-electron chi connectivity index (χ2n) is 16.8. The van der Waals surface area contributed by atoms with Gasteiger partial charge in [-0.05, 0) is 133 Å². The summed E-state index contributed by atoms with van der Waals surface area (Å²) in [4.78, 5) is 33.1. The van der Waals surface area contributed by atoms with Crippen molar-refractivity contribution < 1.29 is 35.4 Å². The number of aliphatic hydroxyl groups excluding tert-OH is 3. The van der Waals surface area contributed by atoms with Crippen LogP contribution in [0.2, 0.25) is 0 Å². The average molecular weight is 1030 g/mol. The highest BCUT2D eigenvalue weighted by molar-refractivity contribution is 6.07. The molecule has 0 bridgehead atoms. The summed E-state index contributed by atoms with van der Waals surface area (Å²) in [5, 5.41) is 94.3. The van der Waals surface area contributed by atoms with E-state index < -0.39 is 0 Å². The maximum atomic E-state index is 12.4. The van der Waals surface area contributed by atoms with Crippen LogP contribution >= 0.6 is 0 Å². The molecule has 77 heavy (non-hydrogen) atoms. The van der Waals surface area contributed by atoms with Crippen molar-refractivity contribution in [2.24, 2.45) is 4.99 Å². The van der Waals surface area contributed by atoms with Gasteiger partial charge in [0.25, 0.3) is 0 Å². The summed E-state index contributed by atoms with van der Waals surface area (Å²) >= 11 is 0. The van der Waals surface area contributed by atoms with E-state index in [0.29, 0.717) is 80.8 Å². The van der Waals surface area contributed by atoms with Crippen molar-refractivity contribution in [1.82, 2.24) is 59.9 Å². The molecule has 6 heterocycles. The topological polar surface area (TPSA) is 305 Å². The van der Waals surface area contributed by atoms with Gasteiger partial charge in [0, 0.05) is 61.3 Å². The molecule has 0 fully saturated rings. The second kappa shape index (κ2) is 24.1. The van der Waals surface area contributed by atoms with E-state index in [-0.39, 0.29) is 54.1 Å². The molecule has 5 aromatic carbocycles. The quantitative estimate of drug-likeness (QED) is 0.0376. The van der Waals surface area contributed by atoms with Gasteiger partial charge in [-0.2, -0.15) is 5.26 Å². The van der Waals surface area contributed by atoms with Crippen molar-refractivity contribution in [3.63, 3.8) is 0 Å². The summed E-state index contributed by atoms with van der Waals surface area (Å²) in [7, 11) is 0. The predicted octanol–water partition coefficient (Wildman–Crippen LogP) is 6.69. The van der Waals surface area contributed by atoms with E-state index in [9.17, 15) is 30.3 Å². The predicted molar refractivity (Wildman–Crippen MR) is 286 cm³/mol. The summed E-state index contributed by atoms with van der Waals surface area (Å²) in [5.74, 6) is -0.424. The molecular formula is C56H46N14O7. The Balaban J connectivity index is 0.000000143. The number of para-hydroxylation sites is 1. The number of aliphatic hydroxyl groups is 3. The van der Waals surface area contributed by atoms with Crippen LogP contribution in [0, 0.1) is 11.3 Å². The molecule has 0 amide bonds. The van der Waals surface area contributed by atoms with Crippen LogP contribution in [0.4, 0.5) is 5.69 Å². The van der Waals surface area contributed by atoms with Crippen molar-refractivity contribution in [2.75, 3.05) is 19.8 Å². The Hall–Kier alpha value is -10.4. The van der Waals surface area contributed by atoms with Crippen LogP contribution in [-0.4, -0.2) is 122 Å². The Morgan fingerprint density at radius 2 is 0.948 bits per heavy atom. The molecule has 6 N–H and O–H groups in total. The van der Waals surface area contributed by atoms with Crippen LogP contribution in [0.25, 0.3) is 56.6 Å². The summed E-state index contributed by atoms with van der Waals surface area (Å²) in [6.45, 7) is -0.104. The molecule has 382 valence electrons. The van der Waals surface area contributed by atoms with Gasteiger partial charge in [-0.15, -0.1) is 45.0 Å². The molecule has 0 aliphatic carbocycles. The number of hydrogen-bond donors (Lipinski definition) is 6. The van der Waals surface area contributed by atoms with E-state index in [0.717, 1.165) is 22.4 Å². The highest BCUT2D eigenvalue weighted by Crippen LogP contribution is 2.31. The highest BCUT2D eigenvalue weighted by atomic mass is 16.3. The molecule has 11 aromatic rings. The van der Waals surface area contributed by atoms with Gasteiger partial charge in [-0.25, -0.2) is 15.0 Å². The lowest BCUT2D eigenvalue weighted by atomic mass is 10.0. The fourth-order valence-electron chi connectivity index (χ4n) is 7.79. The summed E-state index contributed by atoms with van der Waals surface area (Å²) in [6.07, 6.45) is 10.6.